The zero-order valence-electron chi connectivity index (χ0n) is 17.9. The van der Waals surface area contributed by atoms with E-state index in [9.17, 15) is 9.59 Å². The summed E-state index contributed by atoms with van der Waals surface area (Å²) in [6, 6.07) is 3.71. The fraction of sp³-hybridized carbons (Fsp3) is 0.364. The van der Waals surface area contributed by atoms with E-state index in [-0.39, 0.29) is 29.1 Å². The SMILES string of the molecule is Cc1cc(C)c(CN2CCc3c(-n4ccnn4)cc(OC(C)C)c(Cl)c3C2=O)c(=O)[nH]1. The maximum atomic E-state index is 13.5. The Kier molecular flexibility index (Phi) is 5.58. The van der Waals surface area contributed by atoms with Gasteiger partial charge in [-0.15, -0.1) is 5.10 Å². The standard InChI is InChI=1S/C22H24ClN5O3/c1-12(2)31-18-10-17(28-8-6-24-26-28)15-5-7-27(22(30)19(15)20(18)23)11-16-13(3)9-14(4)25-21(16)29/h6,8-10,12H,5,7,11H2,1-4H3,(H,25,29). The quantitative estimate of drug-likeness (QED) is 0.656. The van der Waals surface area contributed by atoms with Crippen LogP contribution in [0.1, 0.15) is 46.6 Å². The molecule has 2 aromatic heterocycles. The van der Waals surface area contributed by atoms with Gasteiger partial charge in [0.15, 0.2) is 0 Å². The maximum absolute atomic E-state index is 13.5. The number of pyridine rings is 1. The zero-order valence-corrected chi connectivity index (χ0v) is 18.7. The first-order valence-corrected chi connectivity index (χ1v) is 10.5. The molecule has 0 unspecified atom stereocenters. The molecule has 0 saturated heterocycles. The van der Waals surface area contributed by atoms with Gasteiger partial charge in [0.1, 0.15) is 5.75 Å². The van der Waals surface area contributed by atoms with Gasteiger partial charge in [0, 0.05) is 23.9 Å². The Morgan fingerprint density at radius 1 is 1.26 bits per heavy atom. The van der Waals surface area contributed by atoms with Crippen LogP contribution in [0.3, 0.4) is 0 Å². The smallest absolute Gasteiger partial charge is 0.256 e. The lowest BCUT2D eigenvalue weighted by Crippen LogP contribution is -2.39. The second-order valence-corrected chi connectivity index (χ2v) is 8.37. The molecule has 1 amide bonds. The van der Waals surface area contributed by atoms with Crippen molar-refractivity contribution in [1.82, 2.24) is 24.9 Å². The zero-order chi connectivity index (χ0) is 22.3. The van der Waals surface area contributed by atoms with Crippen LogP contribution >= 0.6 is 11.6 Å². The third-order valence-electron chi connectivity index (χ3n) is 5.32. The number of nitrogens with zero attached hydrogens (tertiary/aromatic N) is 4. The molecule has 1 aliphatic rings. The Balaban J connectivity index is 1.79. The van der Waals surface area contributed by atoms with Crippen molar-refractivity contribution in [3.05, 3.63) is 67.9 Å². The van der Waals surface area contributed by atoms with Gasteiger partial charge < -0.3 is 14.6 Å². The first-order valence-electron chi connectivity index (χ1n) is 10.1. The van der Waals surface area contributed by atoms with Gasteiger partial charge in [0.05, 0.1) is 41.3 Å². The van der Waals surface area contributed by atoms with Crippen molar-refractivity contribution in [2.24, 2.45) is 0 Å². The molecular weight excluding hydrogens is 418 g/mol. The molecule has 4 rings (SSSR count). The second-order valence-electron chi connectivity index (χ2n) is 8.00. The van der Waals surface area contributed by atoms with E-state index in [0.29, 0.717) is 35.5 Å². The number of carbonyl (C=O) groups excluding carboxylic acids is 1. The second kappa shape index (κ2) is 8.19. The van der Waals surface area contributed by atoms with Gasteiger partial charge in [-0.1, -0.05) is 16.8 Å². The molecule has 9 heteroatoms. The molecular formula is C22H24ClN5O3. The summed E-state index contributed by atoms with van der Waals surface area (Å²) in [5.41, 5.74) is 3.93. The first-order chi connectivity index (χ1) is 14.8. The van der Waals surface area contributed by atoms with Crippen LogP contribution in [0.2, 0.25) is 5.02 Å². The summed E-state index contributed by atoms with van der Waals surface area (Å²) in [6.07, 6.45) is 3.74. The van der Waals surface area contributed by atoms with Crippen LogP contribution in [-0.4, -0.2) is 43.4 Å². The Morgan fingerprint density at radius 2 is 2.03 bits per heavy atom. The van der Waals surface area contributed by atoms with Crippen molar-refractivity contribution in [2.75, 3.05) is 6.54 Å². The van der Waals surface area contributed by atoms with Crippen LogP contribution in [0.25, 0.3) is 5.69 Å². The molecule has 0 bridgehead atoms. The van der Waals surface area contributed by atoms with E-state index in [1.807, 2.05) is 33.8 Å². The molecule has 8 nitrogen and oxygen atoms in total. The average molecular weight is 442 g/mol. The topological polar surface area (TPSA) is 93.1 Å². The largest absolute Gasteiger partial charge is 0.489 e. The number of hydrogen-bond donors (Lipinski definition) is 1. The summed E-state index contributed by atoms with van der Waals surface area (Å²) < 4.78 is 7.50. The molecule has 0 spiro atoms. The molecule has 0 radical (unpaired) electrons. The molecule has 1 N–H and O–H groups in total. The molecule has 162 valence electrons. The molecule has 0 saturated carbocycles. The van der Waals surface area contributed by atoms with Crippen molar-refractivity contribution < 1.29 is 9.53 Å². The highest BCUT2D eigenvalue weighted by atomic mass is 35.5. The molecule has 1 aromatic carbocycles. The Hall–Kier alpha value is -3.13. The molecule has 0 fully saturated rings. The van der Waals surface area contributed by atoms with Crippen LogP contribution in [0.4, 0.5) is 0 Å². The number of aromatic nitrogens is 4. The van der Waals surface area contributed by atoms with E-state index in [2.05, 4.69) is 15.3 Å². The summed E-state index contributed by atoms with van der Waals surface area (Å²) >= 11 is 6.66. The monoisotopic (exact) mass is 441 g/mol. The van der Waals surface area contributed by atoms with Gasteiger partial charge in [-0.2, -0.15) is 0 Å². The van der Waals surface area contributed by atoms with E-state index < -0.39 is 0 Å². The third-order valence-corrected chi connectivity index (χ3v) is 5.70. The number of amides is 1. The lowest BCUT2D eigenvalue weighted by molar-refractivity contribution is 0.0725. The van der Waals surface area contributed by atoms with Crippen LogP contribution in [0.15, 0.2) is 29.3 Å². The molecule has 31 heavy (non-hydrogen) atoms. The third kappa shape index (κ3) is 3.95. The first kappa shape index (κ1) is 21.1. The van der Waals surface area contributed by atoms with Crippen molar-refractivity contribution in [3.8, 4) is 11.4 Å². The van der Waals surface area contributed by atoms with Gasteiger partial charge in [-0.25, -0.2) is 4.68 Å². The summed E-state index contributed by atoms with van der Waals surface area (Å²) in [6.45, 7) is 8.18. The minimum atomic E-state index is -0.235. The van der Waals surface area contributed by atoms with Crippen molar-refractivity contribution in [3.63, 3.8) is 0 Å². The number of nitrogens with one attached hydrogen (secondary N) is 1. The predicted octanol–water partition coefficient (Wildman–Crippen LogP) is 3.21. The molecule has 3 aromatic rings. The number of ether oxygens (including phenoxy) is 1. The van der Waals surface area contributed by atoms with Gasteiger partial charge in [-0.3, -0.25) is 9.59 Å². The van der Waals surface area contributed by atoms with Crippen molar-refractivity contribution in [1.29, 1.82) is 0 Å². The van der Waals surface area contributed by atoms with Crippen molar-refractivity contribution in [2.45, 2.75) is 46.8 Å². The van der Waals surface area contributed by atoms with E-state index in [4.69, 9.17) is 16.3 Å². The molecule has 0 aliphatic carbocycles. The Labute approximate surface area is 184 Å². The molecule has 1 aliphatic heterocycles. The average Bonchev–Trinajstić information content (AvgIpc) is 3.22. The lowest BCUT2D eigenvalue weighted by Gasteiger charge is -2.31. The van der Waals surface area contributed by atoms with Crippen LogP contribution in [0, 0.1) is 13.8 Å². The van der Waals surface area contributed by atoms with E-state index in [1.165, 1.54) is 0 Å². The Bertz CT molecular complexity index is 1200. The number of aryl methyl sites for hydroxylation is 2. The van der Waals surface area contributed by atoms with E-state index in [1.54, 1.807) is 28.0 Å². The summed E-state index contributed by atoms with van der Waals surface area (Å²) in [5, 5.41) is 8.24. The summed E-state index contributed by atoms with van der Waals surface area (Å²) in [4.78, 5) is 30.5. The van der Waals surface area contributed by atoms with Gasteiger partial charge in [0.2, 0.25) is 0 Å². The Morgan fingerprint density at radius 3 is 2.68 bits per heavy atom. The van der Waals surface area contributed by atoms with Gasteiger partial charge in [0.25, 0.3) is 11.5 Å². The number of benzene rings is 1. The minimum absolute atomic E-state index is 0.122. The van der Waals surface area contributed by atoms with Crippen LogP contribution < -0.4 is 10.3 Å². The highest BCUT2D eigenvalue weighted by Crippen LogP contribution is 2.39. The molecule has 3 heterocycles. The fourth-order valence-corrected chi connectivity index (χ4v) is 4.24. The number of carbonyl (C=O) groups is 1. The number of aromatic amines is 1. The summed E-state index contributed by atoms with van der Waals surface area (Å²) in [5.74, 6) is 0.182. The fourth-order valence-electron chi connectivity index (χ4n) is 3.94. The van der Waals surface area contributed by atoms with E-state index in [0.717, 1.165) is 16.8 Å². The highest BCUT2D eigenvalue weighted by molar-refractivity contribution is 6.35. The van der Waals surface area contributed by atoms with Crippen LogP contribution in [-0.2, 0) is 13.0 Å². The minimum Gasteiger partial charge on any atom is -0.489 e. The molecule has 0 atom stereocenters. The summed E-state index contributed by atoms with van der Waals surface area (Å²) in [7, 11) is 0. The number of H-pyrrole nitrogens is 1. The maximum Gasteiger partial charge on any atom is 0.256 e. The van der Waals surface area contributed by atoms with E-state index >= 15 is 0 Å². The lowest BCUT2D eigenvalue weighted by atomic mass is 9.95. The van der Waals surface area contributed by atoms with Gasteiger partial charge >= 0.3 is 0 Å². The van der Waals surface area contributed by atoms with Gasteiger partial charge in [-0.05, 0) is 51.3 Å². The number of rotatable bonds is 5. The predicted molar refractivity (Wildman–Crippen MR) is 117 cm³/mol. The van der Waals surface area contributed by atoms with Crippen LogP contribution in [0.5, 0.6) is 5.75 Å². The number of fused-ring (bicyclic) bond motifs is 1. The van der Waals surface area contributed by atoms with Crippen molar-refractivity contribution >= 4 is 17.5 Å². The highest BCUT2D eigenvalue weighted by Gasteiger charge is 2.32. The number of hydrogen-bond acceptors (Lipinski definition) is 5. The number of halogens is 1. The normalized spacial score (nSPS) is 13.6.